The van der Waals surface area contributed by atoms with Gasteiger partial charge in [-0.2, -0.15) is 0 Å². The quantitative estimate of drug-likeness (QED) is 0.815. The fourth-order valence-electron chi connectivity index (χ4n) is 2.88. The predicted molar refractivity (Wildman–Crippen MR) is 77.9 cm³/mol. The summed E-state index contributed by atoms with van der Waals surface area (Å²) < 4.78 is 5.31. The molecule has 0 atom stereocenters. The third-order valence-electron chi connectivity index (χ3n) is 4.22. The van der Waals surface area contributed by atoms with Crippen molar-refractivity contribution in [2.24, 2.45) is 5.41 Å². The van der Waals surface area contributed by atoms with E-state index in [4.69, 9.17) is 16.3 Å². The lowest BCUT2D eigenvalue weighted by molar-refractivity contribution is -0.128. The van der Waals surface area contributed by atoms with Gasteiger partial charge in [0.2, 0.25) is 0 Å². The summed E-state index contributed by atoms with van der Waals surface area (Å²) in [6.07, 6.45) is 6.01. The molecule has 0 heterocycles. The summed E-state index contributed by atoms with van der Waals surface area (Å²) >= 11 is 6.01. The summed E-state index contributed by atoms with van der Waals surface area (Å²) in [5, 5.41) is 0.650. The molecule has 3 heteroatoms. The standard InChI is InChI=1S/C16H21ClO2/c1-16(8-4-3-5-9-16)15(18)11-12-10-13(17)6-7-14(12)19-2/h6-7,10H,3-5,8-9,11H2,1-2H3. The molecular formula is C16H21ClO2. The normalized spacial score (nSPS) is 18.1. The molecule has 19 heavy (non-hydrogen) atoms. The number of hydrogen-bond donors (Lipinski definition) is 0. The lowest BCUT2D eigenvalue weighted by Crippen LogP contribution is -2.31. The van der Waals surface area contributed by atoms with Crippen LogP contribution in [-0.2, 0) is 11.2 Å². The van der Waals surface area contributed by atoms with E-state index in [-0.39, 0.29) is 5.41 Å². The van der Waals surface area contributed by atoms with Crippen LogP contribution < -0.4 is 4.74 Å². The van der Waals surface area contributed by atoms with Crippen molar-refractivity contribution in [1.29, 1.82) is 0 Å². The second kappa shape index (κ2) is 5.96. The first kappa shape index (κ1) is 14.4. The Morgan fingerprint density at radius 3 is 2.63 bits per heavy atom. The summed E-state index contributed by atoms with van der Waals surface area (Å²) in [4.78, 5) is 12.6. The molecule has 0 aromatic heterocycles. The van der Waals surface area contributed by atoms with Crippen LogP contribution in [0.3, 0.4) is 0 Å². The average molecular weight is 281 g/mol. The van der Waals surface area contributed by atoms with Gasteiger partial charge in [0.15, 0.2) is 0 Å². The number of ether oxygens (including phenoxy) is 1. The Morgan fingerprint density at radius 2 is 2.00 bits per heavy atom. The largest absolute Gasteiger partial charge is 0.496 e. The molecule has 1 saturated carbocycles. The maximum Gasteiger partial charge on any atom is 0.143 e. The van der Waals surface area contributed by atoms with Crippen LogP contribution >= 0.6 is 11.6 Å². The molecule has 1 aliphatic carbocycles. The Labute approximate surface area is 120 Å². The van der Waals surface area contributed by atoms with Crippen molar-refractivity contribution in [3.05, 3.63) is 28.8 Å². The number of carbonyl (C=O) groups excluding carboxylic acids is 1. The van der Waals surface area contributed by atoms with E-state index in [1.54, 1.807) is 13.2 Å². The second-order valence-electron chi connectivity index (χ2n) is 5.68. The summed E-state index contributed by atoms with van der Waals surface area (Å²) in [6.45, 7) is 2.10. The number of carbonyl (C=O) groups is 1. The van der Waals surface area contributed by atoms with E-state index in [2.05, 4.69) is 6.92 Å². The van der Waals surface area contributed by atoms with Crippen LogP contribution in [0.1, 0.15) is 44.6 Å². The number of ketones is 1. The molecule has 0 spiro atoms. The van der Waals surface area contributed by atoms with Crippen molar-refractivity contribution in [2.45, 2.75) is 45.4 Å². The van der Waals surface area contributed by atoms with Crippen molar-refractivity contribution >= 4 is 17.4 Å². The number of benzene rings is 1. The van der Waals surface area contributed by atoms with Gasteiger partial charge in [-0.05, 0) is 31.0 Å². The van der Waals surface area contributed by atoms with Gasteiger partial charge in [0.25, 0.3) is 0 Å². The van der Waals surface area contributed by atoms with Crippen LogP contribution in [0.2, 0.25) is 5.02 Å². The minimum Gasteiger partial charge on any atom is -0.496 e. The Bertz CT molecular complexity index is 462. The molecule has 1 aromatic carbocycles. The summed E-state index contributed by atoms with van der Waals surface area (Å²) in [5.41, 5.74) is 0.734. The first-order valence-corrected chi connectivity index (χ1v) is 7.29. The van der Waals surface area contributed by atoms with E-state index in [0.717, 1.165) is 37.0 Å². The Kier molecular flexibility index (Phi) is 4.51. The summed E-state index contributed by atoms with van der Waals surface area (Å²) in [7, 11) is 1.62. The van der Waals surface area contributed by atoms with Gasteiger partial charge in [0.1, 0.15) is 11.5 Å². The summed E-state index contributed by atoms with van der Waals surface area (Å²) in [6, 6.07) is 5.45. The third kappa shape index (κ3) is 3.30. The molecule has 0 amide bonds. The molecule has 1 aromatic rings. The minimum atomic E-state index is -0.161. The van der Waals surface area contributed by atoms with E-state index in [1.165, 1.54) is 6.42 Å². The lowest BCUT2D eigenvalue weighted by atomic mass is 9.71. The summed E-state index contributed by atoms with van der Waals surface area (Å²) in [5.74, 6) is 1.06. The molecule has 0 unspecified atom stereocenters. The fourth-order valence-corrected chi connectivity index (χ4v) is 3.08. The molecule has 0 aliphatic heterocycles. The predicted octanol–water partition coefficient (Wildman–Crippen LogP) is 4.43. The van der Waals surface area contributed by atoms with Crippen LogP contribution in [0.15, 0.2) is 18.2 Å². The van der Waals surface area contributed by atoms with Crippen molar-refractivity contribution in [3.63, 3.8) is 0 Å². The number of rotatable bonds is 4. The zero-order valence-corrected chi connectivity index (χ0v) is 12.4. The van der Waals surface area contributed by atoms with Gasteiger partial charge < -0.3 is 4.74 Å². The number of Topliss-reactive ketones (excluding diaryl/α,β-unsaturated/α-hetero) is 1. The van der Waals surface area contributed by atoms with Crippen LogP contribution in [0.25, 0.3) is 0 Å². The average Bonchev–Trinajstić information content (AvgIpc) is 2.40. The molecule has 2 nitrogen and oxygen atoms in total. The first-order chi connectivity index (χ1) is 9.05. The van der Waals surface area contributed by atoms with Crippen LogP contribution in [0.5, 0.6) is 5.75 Å². The zero-order valence-electron chi connectivity index (χ0n) is 11.7. The molecule has 1 aliphatic rings. The molecule has 1 fully saturated rings. The van der Waals surface area contributed by atoms with Gasteiger partial charge >= 0.3 is 0 Å². The number of hydrogen-bond acceptors (Lipinski definition) is 2. The Balaban J connectivity index is 2.16. The highest BCUT2D eigenvalue weighted by Crippen LogP contribution is 2.38. The van der Waals surface area contributed by atoms with Crippen molar-refractivity contribution in [1.82, 2.24) is 0 Å². The molecule has 0 radical (unpaired) electrons. The SMILES string of the molecule is COc1ccc(Cl)cc1CC(=O)C1(C)CCCCC1. The highest BCUT2D eigenvalue weighted by Gasteiger charge is 2.34. The van der Waals surface area contributed by atoms with E-state index < -0.39 is 0 Å². The van der Waals surface area contributed by atoms with Crippen molar-refractivity contribution < 1.29 is 9.53 Å². The highest BCUT2D eigenvalue weighted by atomic mass is 35.5. The molecule has 0 bridgehead atoms. The number of halogens is 1. The van der Waals surface area contributed by atoms with Gasteiger partial charge in [-0.25, -0.2) is 0 Å². The van der Waals surface area contributed by atoms with E-state index in [0.29, 0.717) is 17.2 Å². The van der Waals surface area contributed by atoms with Crippen molar-refractivity contribution in [2.75, 3.05) is 7.11 Å². The van der Waals surface area contributed by atoms with Gasteiger partial charge in [-0.15, -0.1) is 0 Å². The van der Waals surface area contributed by atoms with Gasteiger partial charge in [-0.1, -0.05) is 37.8 Å². The minimum absolute atomic E-state index is 0.161. The van der Waals surface area contributed by atoms with Gasteiger partial charge in [-0.3, -0.25) is 4.79 Å². The zero-order chi connectivity index (χ0) is 13.9. The second-order valence-corrected chi connectivity index (χ2v) is 6.11. The number of methoxy groups -OCH3 is 1. The molecular weight excluding hydrogens is 260 g/mol. The topological polar surface area (TPSA) is 26.3 Å². The van der Waals surface area contributed by atoms with E-state index in [1.807, 2.05) is 12.1 Å². The monoisotopic (exact) mass is 280 g/mol. The smallest absolute Gasteiger partial charge is 0.143 e. The van der Waals surface area contributed by atoms with Crippen LogP contribution in [0.4, 0.5) is 0 Å². The molecule has 0 saturated heterocycles. The van der Waals surface area contributed by atoms with Crippen LogP contribution in [-0.4, -0.2) is 12.9 Å². The maximum absolute atomic E-state index is 12.6. The van der Waals surface area contributed by atoms with Crippen molar-refractivity contribution in [3.8, 4) is 5.75 Å². The maximum atomic E-state index is 12.6. The Morgan fingerprint density at radius 1 is 1.32 bits per heavy atom. The van der Waals surface area contributed by atoms with Crippen LogP contribution in [0, 0.1) is 5.41 Å². The van der Waals surface area contributed by atoms with Gasteiger partial charge in [0, 0.05) is 22.4 Å². The van der Waals surface area contributed by atoms with E-state index >= 15 is 0 Å². The third-order valence-corrected chi connectivity index (χ3v) is 4.46. The lowest BCUT2D eigenvalue weighted by Gasteiger charge is -2.32. The molecule has 2 rings (SSSR count). The highest BCUT2D eigenvalue weighted by molar-refractivity contribution is 6.30. The van der Waals surface area contributed by atoms with Gasteiger partial charge in [0.05, 0.1) is 7.11 Å². The fraction of sp³-hybridized carbons (Fsp3) is 0.562. The van der Waals surface area contributed by atoms with E-state index in [9.17, 15) is 4.79 Å². The Hall–Kier alpha value is -1.02. The molecule has 0 N–H and O–H groups in total. The molecule has 104 valence electrons. The first-order valence-electron chi connectivity index (χ1n) is 6.91.